The van der Waals surface area contributed by atoms with Crippen molar-refractivity contribution in [3.63, 3.8) is 0 Å². The third-order valence-corrected chi connectivity index (χ3v) is 5.57. The summed E-state index contributed by atoms with van der Waals surface area (Å²) in [4.78, 5) is 0. The van der Waals surface area contributed by atoms with Crippen LogP contribution in [0.1, 0.15) is 27.7 Å². The molecular weight excluding hydrogens is 347 g/mol. The van der Waals surface area contributed by atoms with Gasteiger partial charge in [0.1, 0.15) is 11.2 Å². The quantitative estimate of drug-likeness (QED) is 0.499. The van der Waals surface area contributed by atoms with Gasteiger partial charge in [-0.25, -0.2) is 0 Å². The van der Waals surface area contributed by atoms with Gasteiger partial charge in [-0.2, -0.15) is 0 Å². The summed E-state index contributed by atoms with van der Waals surface area (Å²) in [5.41, 5.74) is 3.29. The van der Waals surface area contributed by atoms with E-state index in [0.717, 1.165) is 33.0 Å². The van der Waals surface area contributed by atoms with Gasteiger partial charge >= 0.3 is 7.48 Å². The first kappa shape index (κ1) is 18.8. The Morgan fingerprint density at radius 1 is 0.786 bits per heavy atom. The Morgan fingerprint density at radius 3 is 2.25 bits per heavy atom. The van der Waals surface area contributed by atoms with Crippen molar-refractivity contribution in [1.29, 1.82) is 0 Å². The molecule has 28 heavy (non-hydrogen) atoms. The van der Waals surface area contributed by atoms with Crippen LogP contribution in [0.25, 0.3) is 33.1 Å². The van der Waals surface area contributed by atoms with Gasteiger partial charge in [0.2, 0.25) is 0 Å². The maximum Gasteiger partial charge on any atom is 0.330 e. The van der Waals surface area contributed by atoms with Gasteiger partial charge in [-0.3, -0.25) is 0 Å². The molecule has 4 aromatic rings. The van der Waals surface area contributed by atoms with E-state index in [4.69, 9.17) is 9.07 Å². The third-order valence-electron chi connectivity index (χ3n) is 5.57. The lowest BCUT2D eigenvalue weighted by Crippen LogP contribution is -2.49. The zero-order chi connectivity index (χ0) is 19.9. The van der Waals surface area contributed by atoms with Gasteiger partial charge in [0.15, 0.2) is 0 Å². The van der Waals surface area contributed by atoms with Crippen LogP contribution in [-0.2, 0) is 4.65 Å². The first-order chi connectivity index (χ1) is 13.2. The lowest BCUT2D eigenvalue weighted by Gasteiger charge is -2.37. The van der Waals surface area contributed by atoms with Crippen LogP contribution in [0.2, 0.25) is 0 Å². The lowest BCUT2D eigenvalue weighted by atomic mass is 9.82. The fourth-order valence-electron chi connectivity index (χ4n) is 3.04. The molecule has 0 spiro atoms. The molecule has 1 heterocycles. The van der Waals surface area contributed by atoms with Crippen LogP contribution in [-0.4, -0.2) is 23.8 Å². The van der Waals surface area contributed by atoms with E-state index in [9.17, 15) is 5.11 Å². The molecule has 0 aliphatic heterocycles. The van der Waals surface area contributed by atoms with E-state index in [2.05, 4.69) is 36.4 Å². The minimum Gasteiger partial charge on any atom is -0.456 e. The third kappa shape index (κ3) is 3.46. The van der Waals surface area contributed by atoms with Crippen LogP contribution >= 0.6 is 0 Å². The second-order valence-electron chi connectivity index (χ2n) is 8.24. The highest BCUT2D eigenvalue weighted by atomic mass is 16.5. The SMILES string of the molecule is CC(C)(O)C(C)(C)O[B]c1ccc2oc3cc(-c4ccccc4)ccc3c2c1. The van der Waals surface area contributed by atoms with Crippen molar-refractivity contribution in [1.82, 2.24) is 0 Å². The van der Waals surface area contributed by atoms with Crippen LogP contribution in [0.3, 0.4) is 0 Å². The van der Waals surface area contributed by atoms with Crippen molar-refractivity contribution in [2.45, 2.75) is 38.9 Å². The van der Waals surface area contributed by atoms with E-state index in [-0.39, 0.29) is 0 Å². The largest absolute Gasteiger partial charge is 0.456 e. The summed E-state index contributed by atoms with van der Waals surface area (Å²) in [5, 5.41) is 12.4. The maximum atomic E-state index is 10.3. The molecule has 1 aromatic heterocycles. The van der Waals surface area contributed by atoms with Gasteiger partial charge in [-0.05, 0) is 57.0 Å². The molecule has 1 radical (unpaired) electrons. The van der Waals surface area contributed by atoms with Gasteiger partial charge in [-0.1, -0.05) is 54.0 Å². The zero-order valence-corrected chi connectivity index (χ0v) is 16.7. The normalized spacial score (nSPS) is 12.6. The zero-order valence-electron chi connectivity index (χ0n) is 16.7. The van der Waals surface area contributed by atoms with Gasteiger partial charge in [0, 0.05) is 10.8 Å². The number of benzene rings is 3. The summed E-state index contributed by atoms with van der Waals surface area (Å²) in [6.07, 6.45) is 0. The van der Waals surface area contributed by atoms with Gasteiger partial charge in [-0.15, -0.1) is 0 Å². The highest BCUT2D eigenvalue weighted by molar-refractivity contribution is 6.47. The molecule has 3 aromatic carbocycles. The Morgan fingerprint density at radius 2 is 1.54 bits per heavy atom. The molecule has 141 valence electrons. The predicted octanol–water partition coefficient (Wildman–Crippen LogP) is 5.06. The van der Waals surface area contributed by atoms with Crippen LogP contribution in [0.5, 0.6) is 0 Å². The average molecular weight is 371 g/mol. The summed E-state index contributed by atoms with van der Waals surface area (Å²) in [7, 11) is 1.70. The van der Waals surface area contributed by atoms with Gasteiger partial charge in [0.25, 0.3) is 0 Å². The Balaban J connectivity index is 1.67. The fourth-order valence-corrected chi connectivity index (χ4v) is 3.04. The smallest absolute Gasteiger partial charge is 0.330 e. The van der Waals surface area contributed by atoms with Crippen molar-refractivity contribution >= 4 is 34.9 Å². The molecular formula is C24H24BO3. The van der Waals surface area contributed by atoms with E-state index >= 15 is 0 Å². The van der Waals surface area contributed by atoms with E-state index in [1.165, 1.54) is 5.56 Å². The summed E-state index contributed by atoms with van der Waals surface area (Å²) in [6.45, 7) is 7.25. The molecule has 0 aliphatic carbocycles. The van der Waals surface area contributed by atoms with Crippen molar-refractivity contribution in [3.8, 4) is 11.1 Å². The summed E-state index contributed by atoms with van der Waals surface area (Å²) >= 11 is 0. The Labute approximate surface area is 166 Å². The van der Waals surface area contributed by atoms with E-state index < -0.39 is 11.2 Å². The van der Waals surface area contributed by atoms with Crippen LogP contribution in [0.15, 0.2) is 71.1 Å². The van der Waals surface area contributed by atoms with Crippen LogP contribution in [0.4, 0.5) is 0 Å². The number of furan rings is 1. The molecule has 0 saturated heterocycles. The van der Waals surface area contributed by atoms with Gasteiger partial charge < -0.3 is 14.2 Å². The number of rotatable bonds is 5. The molecule has 0 saturated carbocycles. The van der Waals surface area contributed by atoms with Crippen molar-refractivity contribution < 1.29 is 14.2 Å². The number of hydrogen-bond acceptors (Lipinski definition) is 3. The molecule has 4 rings (SSSR count). The highest BCUT2D eigenvalue weighted by Crippen LogP contribution is 2.32. The predicted molar refractivity (Wildman–Crippen MR) is 116 cm³/mol. The standard InChI is InChI=1S/C24H24BO3/c1-23(2,26)24(3,4)28-25-18-11-13-21-20(15-18)19-12-10-17(14-22(19)27-21)16-8-6-5-7-9-16/h5-15,26H,1-4H3. The first-order valence-electron chi connectivity index (χ1n) is 9.50. The van der Waals surface area contributed by atoms with E-state index in [0.29, 0.717) is 0 Å². The van der Waals surface area contributed by atoms with Crippen LogP contribution in [0, 0.1) is 0 Å². The number of fused-ring (bicyclic) bond motifs is 3. The number of hydrogen-bond donors (Lipinski definition) is 1. The molecule has 0 amide bonds. The molecule has 0 bridgehead atoms. The Kier molecular flexibility index (Phi) is 4.57. The fraction of sp³-hybridized carbons (Fsp3) is 0.250. The molecule has 0 unspecified atom stereocenters. The topological polar surface area (TPSA) is 42.6 Å². The second-order valence-corrected chi connectivity index (χ2v) is 8.24. The monoisotopic (exact) mass is 371 g/mol. The lowest BCUT2D eigenvalue weighted by molar-refractivity contribution is -0.0893. The molecule has 3 nitrogen and oxygen atoms in total. The number of aliphatic hydroxyl groups is 1. The Bertz CT molecular complexity index is 1120. The molecule has 0 fully saturated rings. The first-order valence-corrected chi connectivity index (χ1v) is 9.50. The average Bonchev–Trinajstić information content (AvgIpc) is 3.03. The van der Waals surface area contributed by atoms with E-state index in [1.54, 1.807) is 21.3 Å². The summed E-state index contributed by atoms with van der Waals surface area (Å²) in [5.74, 6) is 0. The Hall–Kier alpha value is -2.56. The molecule has 1 N–H and O–H groups in total. The molecule has 4 heteroatoms. The van der Waals surface area contributed by atoms with Crippen molar-refractivity contribution in [2.75, 3.05) is 0 Å². The minimum atomic E-state index is -0.955. The maximum absolute atomic E-state index is 10.3. The van der Waals surface area contributed by atoms with E-state index in [1.807, 2.05) is 44.2 Å². The summed E-state index contributed by atoms with van der Waals surface area (Å²) < 4.78 is 12.0. The minimum absolute atomic E-state index is 0.703. The summed E-state index contributed by atoms with van der Waals surface area (Å²) in [6, 6.07) is 22.6. The molecule has 0 atom stereocenters. The van der Waals surface area contributed by atoms with Crippen LogP contribution < -0.4 is 5.46 Å². The second kappa shape index (κ2) is 6.80. The molecule has 0 aliphatic rings. The van der Waals surface area contributed by atoms with Gasteiger partial charge in [0.05, 0.1) is 11.2 Å². The van der Waals surface area contributed by atoms with Crippen molar-refractivity contribution in [2.24, 2.45) is 0 Å². The highest BCUT2D eigenvalue weighted by Gasteiger charge is 2.35. The van der Waals surface area contributed by atoms with Crippen molar-refractivity contribution in [3.05, 3.63) is 66.7 Å².